The van der Waals surface area contributed by atoms with Crippen molar-refractivity contribution in [2.45, 2.75) is 39.5 Å². The van der Waals surface area contributed by atoms with Crippen LogP contribution in [-0.4, -0.2) is 13.2 Å². The number of halogens is 1. The van der Waals surface area contributed by atoms with Gasteiger partial charge in [-0.25, -0.2) is 0 Å². The van der Waals surface area contributed by atoms with Crippen LogP contribution in [0.1, 0.15) is 31.4 Å². The molecule has 0 heterocycles. The predicted molar refractivity (Wildman–Crippen MR) is 95.4 cm³/mol. The van der Waals surface area contributed by atoms with Crippen LogP contribution < -0.4 is 14.8 Å². The van der Waals surface area contributed by atoms with E-state index in [-0.39, 0.29) is 0 Å². The van der Waals surface area contributed by atoms with E-state index in [4.69, 9.17) is 21.1 Å². The zero-order valence-corrected chi connectivity index (χ0v) is 14.7. The molecule has 0 saturated heterocycles. The lowest BCUT2D eigenvalue weighted by atomic mass is 10.1. The third-order valence-corrected chi connectivity index (χ3v) is 4.01. The second-order valence-corrected chi connectivity index (χ2v) is 6.03. The molecule has 0 fully saturated rings. The summed E-state index contributed by atoms with van der Waals surface area (Å²) in [6.45, 7) is 5.63. The largest absolute Gasteiger partial charge is 0.493 e. The molecule has 2 aromatic rings. The Hall–Kier alpha value is -1.71. The molecule has 124 valence electrons. The van der Waals surface area contributed by atoms with Crippen LogP contribution in [0.25, 0.3) is 0 Å². The van der Waals surface area contributed by atoms with E-state index < -0.39 is 0 Å². The van der Waals surface area contributed by atoms with Crippen LogP contribution in [0.2, 0.25) is 5.02 Å². The second-order valence-electron chi connectivity index (χ2n) is 5.59. The maximum Gasteiger partial charge on any atom is 0.161 e. The van der Waals surface area contributed by atoms with Crippen LogP contribution in [0, 0.1) is 0 Å². The smallest absolute Gasteiger partial charge is 0.161 e. The van der Waals surface area contributed by atoms with Gasteiger partial charge in [0, 0.05) is 17.6 Å². The number of methoxy groups -OCH3 is 1. The van der Waals surface area contributed by atoms with Crippen molar-refractivity contribution in [3.05, 3.63) is 58.6 Å². The average molecular weight is 334 g/mol. The highest BCUT2D eigenvalue weighted by Gasteiger charge is 2.07. The van der Waals surface area contributed by atoms with Crippen molar-refractivity contribution in [1.82, 2.24) is 5.32 Å². The van der Waals surface area contributed by atoms with E-state index in [1.807, 2.05) is 36.4 Å². The number of rotatable bonds is 8. The zero-order chi connectivity index (χ0) is 16.7. The van der Waals surface area contributed by atoms with Crippen LogP contribution >= 0.6 is 11.6 Å². The lowest BCUT2D eigenvalue weighted by molar-refractivity contribution is 0.284. The molecule has 23 heavy (non-hydrogen) atoms. The van der Waals surface area contributed by atoms with E-state index >= 15 is 0 Å². The summed E-state index contributed by atoms with van der Waals surface area (Å²) in [6.07, 6.45) is 1.11. The van der Waals surface area contributed by atoms with Crippen LogP contribution in [0.3, 0.4) is 0 Å². The third-order valence-electron chi connectivity index (χ3n) is 3.78. The molecule has 1 N–H and O–H groups in total. The van der Waals surface area contributed by atoms with Crippen molar-refractivity contribution in [3.63, 3.8) is 0 Å². The van der Waals surface area contributed by atoms with E-state index in [1.54, 1.807) is 7.11 Å². The van der Waals surface area contributed by atoms with Crippen molar-refractivity contribution in [2.24, 2.45) is 0 Å². The van der Waals surface area contributed by atoms with Gasteiger partial charge in [-0.15, -0.1) is 0 Å². The van der Waals surface area contributed by atoms with Crippen LogP contribution in [0.4, 0.5) is 0 Å². The zero-order valence-electron chi connectivity index (χ0n) is 13.9. The van der Waals surface area contributed by atoms with Crippen LogP contribution in [0.5, 0.6) is 11.5 Å². The molecule has 2 rings (SSSR count). The summed E-state index contributed by atoms with van der Waals surface area (Å²) in [5.41, 5.74) is 2.21. The molecule has 0 radical (unpaired) electrons. The van der Waals surface area contributed by atoms with Crippen molar-refractivity contribution in [3.8, 4) is 11.5 Å². The fraction of sp³-hybridized carbons (Fsp3) is 0.368. The van der Waals surface area contributed by atoms with Crippen molar-refractivity contribution >= 4 is 11.6 Å². The van der Waals surface area contributed by atoms with E-state index in [0.717, 1.165) is 30.0 Å². The molecule has 0 aliphatic rings. The van der Waals surface area contributed by atoms with Crippen molar-refractivity contribution < 1.29 is 9.47 Å². The first-order valence-electron chi connectivity index (χ1n) is 7.90. The topological polar surface area (TPSA) is 30.5 Å². The van der Waals surface area contributed by atoms with E-state index in [2.05, 4.69) is 25.2 Å². The molecule has 0 saturated carbocycles. The lowest BCUT2D eigenvalue weighted by Gasteiger charge is -2.14. The number of hydrogen-bond acceptors (Lipinski definition) is 3. The molecule has 3 nitrogen and oxygen atoms in total. The Morgan fingerprint density at radius 2 is 1.91 bits per heavy atom. The minimum Gasteiger partial charge on any atom is -0.493 e. The maximum atomic E-state index is 5.99. The number of benzene rings is 2. The number of ether oxygens (including phenoxy) is 2. The molecule has 0 aromatic heterocycles. The first-order valence-corrected chi connectivity index (χ1v) is 8.27. The molecule has 0 bridgehead atoms. The Kier molecular flexibility index (Phi) is 6.75. The summed E-state index contributed by atoms with van der Waals surface area (Å²) in [7, 11) is 1.66. The Labute approximate surface area is 143 Å². The summed E-state index contributed by atoms with van der Waals surface area (Å²) in [4.78, 5) is 0. The SMILES string of the molecule is CC[C@H](C)NCc1ccc(OCc2cccc(Cl)c2)c(OC)c1. The van der Waals surface area contributed by atoms with Gasteiger partial charge in [0.15, 0.2) is 11.5 Å². The Bertz CT molecular complexity index is 631. The normalized spacial score (nSPS) is 12.0. The first-order chi connectivity index (χ1) is 11.1. The number of hydrogen-bond donors (Lipinski definition) is 1. The second kappa shape index (κ2) is 8.80. The minimum atomic E-state index is 0.460. The van der Waals surface area contributed by atoms with Gasteiger partial charge in [-0.2, -0.15) is 0 Å². The molecular formula is C19H24ClNO2. The van der Waals surface area contributed by atoms with Gasteiger partial charge in [-0.3, -0.25) is 0 Å². The van der Waals surface area contributed by atoms with Gasteiger partial charge >= 0.3 is 0 Å². The average Bonchev–Trinajstić information content (AvgIpc) is 2.58. The summed E-state index contributed by atoms with van der Waals surface area (Å²) in [5.74, 6) is 1.48. The predicted octanol–water partition coefficient (Wildman–Crippen LogP) is 4.82. The first kappa shape index (κ1) is 17.6. The standard InChI is InChI=1S/C19H24ClNO2/c1-4-14(2)21-12-15-8-9-18(19(11-15)22-3)23-13-16-6-5-7-17(20)10-16/h5-11,14,21H,4,12-13H2,1-3H3/t14-/m0/s1. The molecule has 1 atom stereocenters. The fourth-order valence-electron chi connectivity index (χ4n) is 2.17. The van der Waals surface area contributed by atoms with Gasteiger partial charge in [0.05, 0.1) is 7.11 Å². The van der Waals surface area contributed by atoms with Crippen molar-refractivity contribution in [2.75, 3.05) is 7.11 Å². The van der Waals surface area contributed by atoms with Gasteiger partial charge in [0.25, 0.3) is 0 Å². The lowest BCUT2D eigenvalue weighted by Crippen LogP contribution is -2.24. The Morgan fingerprint density at radius 1 is 1.09 bits per heavy atom. The Morgan fingerprint density at radius 3 is 2.61 bits per heavy atom. The highest BCUT2D eigenvalue weighted by Crippen LogP contribution is 2.29. The molecule has 0 spiro atoms. The molecular weight excluding hydrogens is 310 g/mol. The van der Waals surface area contributed by atoms with Gasteiger partial charge in [0.2, 0.25) is 0 Å². The summed E-state index contributed by atoms with van der Waals surface area (Å²) < 4.78 is 11.3. The highest BCUT2D eigenvalue weighted by atomic mass is 35.5. The van der Waals surface area contributed by atoms with Gasteiger partial charge < -0.3 is 14.8 Å². The Balaban J connectivity index is 2.01. The maximum absolute atomic E-state index is 5.99. The van der Waals surface area contributed by atoms with Gasteiger partial charge in [-0.1, -0.05) is 36.7 Å². The highest BCUT2D eigenvalue weighted by molar-refractivity contribution is 6.30. The summed E-state index contributed by atoms with van der Waals surface area (Å²) >= 11 is 5.99. The molecule has 0 aliphatic carbocycles. The van der Waals surface area contributed by atoms with Gasteiger partial charge in [0.1, 0.15) is 6.61 Å². The van der Waals surface area contributed by atoms with Crippen LogP contribution in [0.15, 0.2) is 42.5 Å². The summed E-state index contributed by atoms with van der Waals surface area (Å²) in [6, 6.07) is 14.2. The monoisotopic (exact) mass is 333 g/mol. The van der Waals surface area contributed by atoms with Gasteiger partial charge in [-0.05, 0) is 48.7 Å². The van der Waals surface area contributed by atoms with E-state index in [0.29, 0.717) is 17.7 Å². The fourth-order valence-corrected chi connectivity index (χ4v) is 2.38. The quantitative estimate of drug-likeness (QED) is 0.751. The van der Waals surface area contributed by atoms with E-state index in [9.17, 15) is 0 Å². The third kappa shape index (κ3) is 5.45. The number of nitrogens with one attached hydrogen (secondary N) is 1. The molecule has 4 heteroatoms. The van der Waals surface area contributed by atoms with Crippen molar-refractivity contribution in [1.29, 1.82) is 0 Å². The van der Waals surface area contributed by atoms with Crippen LogP contribution in [-0.2, 0) is 13.2 Å². The molecule has 0 unspecified atom stereocenters. The molecule has 2 aromatic carbocycles. The molecule has 0 amide bonds. The minimum absolute atomic E-state index is 0.460. The molecule has 0 aliphatic heterocycles. The summed E-state index contributed by atoms with van der Waals surface area (Å²) in [5, 5.41) is 4.18. The van der Waals surface area contributed by atoms with E-state index in [1.165, 1.54) is 5.56 Å².